The second-order valence-electron chi connectivity index (χ2n) is 7.31. The fraction of sp³-hybridized carbons (Fsp3) is 0.800. The Labute approximate surface area is 141 Å². The number of nitriles is 1. The quantitative estimate of drug-likeness (QED) is 0.502. The van der Waals surface area contributed by atoms with Gasteiger partial charge < -0.3 is 4.74 Å². The van der Waals surface area contributed by atoms with Crippen LogP contribution in [0, 0.1) is 29.1 Å². The third-order valence-corrected chi connectivity index (χ3v) is 5.77. The first-order valence-electron chi connectivity index (χ1n) is 9.48. The summed E-state index contributed by atoms with van der Waals surface area (Å²) in [5.74, 6) is 1.75. The maximum Gasteiger partial charge on any atom is 0.309 e. The summed E-state index contributed by atoms with van der Waals surface area (Å²) in [7, 11) is 0. The van der Waals surface area contributed by atoms with E-state index in [1.54, 1.807) is 6.08 Å². The van der Waals surface area contributed by atoms with Gasteiger partial charge in [-0.3, -0.25) is 4.79 Å². The van der Waals surface area contributed by atoms with E-state index in [-0.39, 0.29) is 18.0 Å². The van der Waals surface area contributed by atoms with Gasteiger partial charge in [-0.25, -0.2) is 0 Å². The SMILES string of the molecule is CCC1CCC(OC(=O)C2CCC(CCC=CC#N)CC2)CC1. The highest BCUT2D eigenvalue weighted by Crippen LogP contribution is 2.34. The molecule has 0 atom stereocenters. The predicted octanol–water partition coefficient (Wildman–Crippen LogP) is 5.16. The molecule has 2 fully saturated rings. The van der Waals surface area contributed by atoms with E-state index in [9.17, 15) is 4.79 Å². The van der Waals surface area contributed by atoms with Crippen LogP contribution < -0.4 is 0 Å². The van der Waals surface area contributed by atoms with Gasteiger partial charge in [0.1, 0.15) is 6.10 Å². The second kappa shape index (κ2) is 9.75. The van der Waals surface area contributed by atoms with Crippen LogP contribution in [0.3, 0.4) is 0 Å². The van der Waals surface area contributed by atoms with Gasteiger partial charge in [-0.2, -0.15) is 5.26 Å². The summed E-state index contributed by atoms with van der Waals surface area (Å²) >= 11 is 0. The van der Waals surface area contributed by atoms with Gasteiger partial charge in [0.25, 0.3) is 0 Å². The lowest BCUT2D eigenvalue weighted by molar-refractivity contribution is -0.157. The molecule has 0 N–H and O–H groups in total. The summed E-state index contributed by atoms with van der Waals surface area (Å²) in [6.07, 6.45) is 15.9. The van der Waals surface area contributed by atoms with Crippen molar-refractivity contribution in [2.24, 2.45) is 17.8 Å². The van der Waals surface area contributed by atoms with E-state index in [4.69, 9.17) is 10.00 Å². The van der Waals surface area contributed by atoms with Gasteiger partial charge in [-0.05, 0) is 76.0 Å². The molecule has 128 valence electrons. The molecule has 0 amide bonds. The molecule has 2 rings (SSSR count). The number of hydrogen-bond acceptors (Lipinski definition) is 3. The van der Waals surface area contributed by atoms with Crippen LogP contribution in [0.4, 0.5) is 0 Å². The molecule has 2 aliphatic carbocycles. The maximum absolute atomic E-state index is 12.4. The number of nitrogens with zero attached hydrogens (tertiary/aromatic N) is 1. The van der Waals surface area contributed by atoms with Crippen molar-refractivity contribution < 1.29 is 9.53 Å². The van der Waals surface area contributed by atoms with Gasteiger partial charge in [0.05, 0.1) is 12.0 Å². The summed E-state index contributed by atoms with van der Waals surface area (Å²) in [4.78, 5) is 12.4. The smallest absolute Gasteiger partial charge is 0.309 e. The van der Waals surface area contributed by atoms with Crippen LogP contribution in [0.15, 0.2) is 12.2 Å². The van der Waals surface area contributed by atoms with Crippen LogP contribution in [0.1, 0.15) is 77.6 Å². The Balaban J connectivity index is 1.64. The van der Waals surface area contributed by atoms with Gasteiger partial charge in [0.15, 0.2) is 0 Å². The lowest BCUT2D eigenvalue weighted by Gasteiger charge is -2.31. The fourth-order valence-corrected chi connectivity index (χ4v) is 4.07. The molecule has 2 saturated carbocycles. The van der Waals surface area contributed by atoms with E-state index in [0.717, 1.165) is 57.3 Å². The van der Waals surface area contributed by atoms with Crippen LogP contribution >= 0.6 is 0 Å². The lowest BCUT2D eigenvalue weighted by atomic mass is 9.80. The summed E-state index contributed by atoms with van der Waals surface area (Å²) in [5.41, 5.74) is 0. The van der Waals surface area contributed by atoms with Crippen molar-refractivity contribution in [3.05, 3.63) is 12.2 Å². The zero-order valence-electron chi connectivity index (χ0n) is 14.5. The highest BCUT2D eigenvalue weighted by atomic mass is 16.5. The first-order chi connectivity index (χ1) is 11.2. The molecule has 0 aromatic heterocycles. The molecule has 0 aromatic rings. The van der Waals surface area contributed by atoms with Crippen LogP contribution in [0.5, 0.6) is 0 Å². The molecular formula is C20H31NO2. The Morgan fingerprint density at radius 3 is 2.35 bits per heavy atom. The number of esters is 1. The Morgan fingerprint density at radius 2 is 1.74 bits per heavy atom. The lowest BCUT2D eigenvalue weighted by Crippen LogP contribution is -2.30. The molecule has 0 heterocycles. The van der Waals surface area contributed by atoms with E-state index in [1.807, 2.05) is 12.1 Å². The summed E-state index contributed by atoms with van der Waals surface area (Å²) < 4.78 is 5.79. The fourth-order valence-electron chi connectivity index (χ4n) is 4.07. The zero-order valence-corrected chi connectivity index (χ0v) is 14.5. The molecule has 2 aliphatic rings. The molecule has 3 nitrogen and oxygen atoms in total. The monoisotopic (exact) mass is 317 g/mol. The van der Waals surface area contributed by atoms with Crippen molar-refractivity contribution in [2.45, 2.75) is 83.7 Å². The molecule has 0 aliphatic heterocycles. The van der Waals surface area contributed by atoms with Gasteiger partial charge in [0, 0.05) is 6.08 Å². The molecule has 0 aromatic carbocycles. The van der Waals surface area contributed by atoms with Crippen molar-refractivity contribution >= 4 is 5.97 Å². The van der Waals surface area contributed by atoms with Crippen LogP contribution in [0.2, 0.25) is 0 Å². The van der Waals surface area contributed by atoms with Crippen molar-refractivity contribution in [3.8, 4) is 6.07 Å². The van der Waals surface area contributed by atoms with E-state index < -0.39 is 0 Å². The average Bonchev–Trinajstić information content (AvgIpc) is 2.60. The van der Waals surface area contributed by atoms with Crippen molar-refractivity contribution in [1.29, 1.82) is 5.26 Å². The van der Waals surface area contributed by atoms with Crippen molar-refractivity contribution in [1.82, 2.24) is 0 Å². The van der Waals surface area contributed by atoms with Gasteiger partial charge >= 0.3 is 5.97 Å². The normalized spacial score (nSPS) is 31.7. The number of carbonyl (C=O) groups excluding carboxylic acids is 1. The molecule has 3 heteroatoms. The first kappa shape index (κ1) is 18.0. The summed E-state index contributed by atoms with van der Waals surface area (Å²) in [6.45, 7) is 2.26. The minimum absolute atomic E-state index is 0.0628. The number of hydrogen-bond donors (Lipinski definition) is 0. The highest BCUT2D eigenvalue weighted by Gasteiger charge is 2.30. The Kier molecular flexibility index (Phi) is 7.65. The average molecular weight is 317 g/mol. The molecular weight excluding hydrogens is 286 g/mol. The van der Waals surface area contributed by atoms with E-state index in [0.29, 0.717) is 5.92 Å². The predicted molar refractivity (Wildman–Crippen MR) is 91.6 cm³/mol. The third-order valence-electron chi connectivity index (χ3n) is 5.77. The minimum Gasteiger partial charge on any atom is -0.462 e. The van der Waals surface area contributed by atoms with Crippen LogP contribution in [-0.2, 0) is 9.53 Å². The summed E-state index contributed by atoms with van der Waals surface area (Å²) in [6, 6.07) is 2.03. The minimum atomic E-state index is 0.0628. The highest BCUT2D eigenvalue weighted by molar-refractivity contribution is 5.72. The van der Waals surface area contributed by atoms with Crippen LogP contribution in [0.25, 0.3) is 0 Å². The van der Waals surface area contributed by atoms with E-state index in [2.05, 4.69) is 6.92 Å². The molecule has 0 unspecified atom stereocenters. The Hall–Kier alpha value is -1.30. The molecule has 23 heavy (non-hydrogen) atoms. The molecule has 0 bridgehead atoms. The second-order valence-corrected chi connectivity index (χ2v) is 7.31. The van der Waals surface area contributed by atoms with Crippen LogP contribution in [-0.4, -0.2) is 12.1 Å². The molecule has 0 saturated heterocycles. The van der Waals surface area contributed by atoms with Gasteiger partial charge in [-0.1, -0.05) is 19.4 Å². The maximum atomic E-state index is 12.4. The number of allylic oxidation sites excluding steroid dienone is 2. The standard InChI is InChI=1S/C20H31NO2/c1-2-16-9-13-19(14-10-16)23-20(22)18-11-7-17(8-12-18)6-4-3-5-15-21/h3,5,16-19H,2,4,6-14H2,1H3. The number of rotatable bonds is 6. The van der Waals surface area contributed by atoms with Crippen molar-refractivity contribution in [3.63, 3.8) is 0 Å². The van der Waals surface area contributed by atoms with E-state index >= 15 is 0 Å². The van der Waals surface area contributed by atoms with Gasteiger partial charge in [-0.15, -0.1) is 0 Å². The summed E-state index contributed by atoms with van der Waals surface area (Å²) in [5, 5.41) is 8.47. The molecule has 0 spiro atoms. The number of ether oxygens (including phenoxy) is 1. The van der Waals surface area contributed by atoms with E-state index in [1.165, 1.54) is 19.3 Å². The first-order valence-corrected chi connectivity index (χ1v) is 9.48. The topological polar surface area (TPSA) is 50.1 Å². The third kappa shape index (κ3) is 6.01. The molecule has 0 radical (unpaired) electrons. The zero-order chi connectivity index (χ0) is 16.5. The van der Waals surface area contributed by atoms with Crippen molar-refractivity contribution in [2.75, 3.05) is 0 Å². The number of carbonyl (C=O) groups is 1. The Morgan fingerprint density at radius 1 is 1.09 bits per heavy atom. The van der Waals surface area contributed by atoms with Gasteiger partial charge in [0.2, 0.25) is 0 Å². The largest absolute Gasteiger partial charge is 0.462 e. The Bertz CT molecular complexity index is 421.